The Balaban J connectivity index is 0.000000229. The summed E-state index contributed by atoms with van der Waals surface area (Å²) in [6, 6.07) is 0. The molecule has 352 valence electrons. The summed E-state index contributed by atoms with van der Waals surface area (Å²) in [4.78, 5) is 27.6. The number of fused-ring (bicyclic) bond motifs is 2. The first kappa shape index (κ1) is 54.8. The zero-order valence-electron chi connectivity index (χ0n) is 43.0. The maximum atomic E-state index is 12.2. The van der Waals surface area contributed by atoms with Gasteiger partial charge in [0.15, 0.2) is 0 Å². The minimum Gasteiger partial charge on any atom is -0.398 e. The first-order valence-electron chi connectivity index (χ1n) is 22.1. The van der Waals surface area contributed by atoms with Crippen LogP contribution in [0.5, 0.6) is 0 Å². The molecule has 9 nitrogen and oxygen atoms in total. The van der Waals surface area contributed by atoms with E-state index < -0.39 is 21.9 Å². The van der Waals surface area contributed by atoms with Crippen LogP contribution >= 0.6 is 21.9 Å². The average Bonchev–Trinajstić information content (AvgIpc) is 3.79. The molecular formula is C52H79N4O5P3. The lowest BCUT2D eigenvalue weighted by molar-refractivity contribution is 0.371. The normalized spacial score (nSPS) is 13.2. The van der Waals surface area contributed by atoms with Crippen molar-refractivity contribution in [1.29, 1.82) is 0 Å². The molecule has 2 heterocycles. The monoisotopic (exact) mass is 933 g/mol. The van der Waals surface area contributed by atoms with E-state index in [2.05, 4.69) is 95.0 Å². The Morgan fingerprint density at radius 2 is 0.656 bits per heavy atom. The number of nitrogen functional groups attached to an aromatic ring is 2. The topological polar surface area (TPSA) is 168 Å². The number of hydrogen-bond donors (Lipinski definition) is 4. The predicted octanol–water partition coefficient (Wildman–Crippen LogP) is 13.8. The first-order valence-corrected chi connectivity index (χ1v) is 29.5. The number of anilines is 2. The Hall–Kier alpha value is -3.57. The number of nitrogens with two attached hydrogens (primary N) is 2. The van der Waals surface area contributed by atoms with E-state index in [-0.39, 0.29) is 6.16 Å². The third kappa shape index (κ3) is 12.6. The van der Waals surface area contributed by atoms with Gasteiger partial charge in [0.25, 0.3) is 0 Å². The molecule has 64 heavy (non-hydrogen) atoms. The highest BCUT2D eigenvalue weighted by Gasteiger charge is 2.27. The van der Waals surface area contributed by atoms with Gasteiger partial charge < -0.3 is 30.4 Å². The maximum absolute atomic E-state index is 12.2. The predicted molar refractivity (Wildman–Crippen MR) is 281 cm³/mol. The molecule has 0 amide bonds. The van der Waals surface area contributed by atoms with E-state index in [0.717, 1.165) is 69.1 Å². The average molecular weight is 933 g/mol. The molecule has 4 aromatic rings. The highest BCUT2D eigenvalue weighted by atomic mass is 31.2. The van der Waals surface area contributed by atoms with Gasteiger partial charge in [-0.2, -0.15) is 0 Å². The van der Waals surface area contributed by atoms with Crippen molar-refractivity contribution in [2.75, 3.05) is 38.1 Å². The summed E-state index contributed by atoms with van der Waals surface area (Å²) in [7, 11) is -8.22. The Labute approximate surface area is 386 Å². The van der Waals surface area contributed by atoms with Crippen molar-refractivity contribution in [3.05, 3.63) is 111 Å². The van der Waals surface area contributed by atoms with Gasteiger partial charge >= 0.3 is 7.60 Å². The van der Waals surface area contributed by atoms with Crippen LogP contribution in [0.4, 0.5) is 22.7 Å². The molecule has 0 saturated heterocycles. The highest BCUT2D eigenvalue weighted by Crippen LogP contribution is 2.49. The third-order valence-electron chi connectivity index (χ3n) is 14.0. The molecule has 0 aromatic heterocycles. The zero-order chi connectivity index (χ0) is 49.5. The molecule has 6 rings (SSSR count). The molecule has 0 saturated carbocycles. The molecule has 0 radical (unpaired) electrons. The first-order chi connectivity index (χ1) is 29.0. The molecule has 2 aliphatic heterocycles. The Kier molecular flexibility index (Phi) is 17.6. The van der Waals surface area contributed by atoms with Crippen LogP contribution in [-0.4, -0.2) is 47.9 Å². The molecule has 12 heteroatoms. The largest absolute Gasteiger partial charge is 0.398 e. The van der Waals surface area contributed by atoms with E-state index in [1.165, 1.54) is 83.6 Å². The lowest BCUT2D eigenvalue weighted by Gasteiger charge is -2.19. The fourth-order valence-corrected chi connectivity index (χ4v) is 11.8. The molecule has 6 N–H and O–H groups in total. The summed E-state index contributed by atoms with van der Waals surface area (Å²) in [5.41, 5.74) is 42.0. The molecule has 2 aliphatic rings. The lowest BCUT2D eigenvalue weighted by atomic mass is 9.92. The fourth-order valence-electron chi connectivity index (χ4n) is 8.72. The van der Waals surface area contributed by atoms with E-state index in [1.54, 1.807) is 0 Å². The Morgan fingerprint density at radius 3 is 1.00 bits per heavy atom. The van der Waals surface area contributed by atoms with Crippen LogP contribution in [0.1, 0.15) is 125 Å². The molecule has 0 fully saturated rings. The summed E-state index contributed by atoms with van der Waals surface area (Å²) >= 11 is 0. The van der Waals surface area contributed by atoms with E-state index >= 15 is 0 Å². The van der Waals surface area contributed by atoms with Crippen LogP contribution < -0.4 is 11.5 Å². The molecule has 4 aromatic carbocycles. The number of rotatable bonds is 6. The van der Waals surface area contributed by atoms with E-state index in [0.29, 0.717) is 17.9 Å². The summed E-state index contributed by atoms with van der Waals surface area (Å²) in [6.45, 7) is 42.7. The van der Waals surface area contributed by atoms with Crippen LogP contribution in [0.2, 0.25) is 0 Å². The number of aliphatic imine (C=N–C) groups is 2. The minimum absolute atomic E-state index is 0.223. The van der Waals surface area contributed by atoms with Gasteiger partial charge in [-0.25, -0.2) is 0 Å². The molecule has 0 aliphatic carbocycles. The van der Waals surface area contributed by atoms with E-state index in [9.17, 15) is 23.5 Å². The number of hydrogen-bond acceptors (Lipinski definition) is 7. The summed E-state index contributed by atoms with van der Waals surface area (Å²) in [5, 5.41) is 0. The van der Waals surface area contributed by atoms with Gasteiger partial charge in [0.2, 0.25) is 0 Å². The van der Waals surface area contributed by atoms with Gasteiger partial charge in [-0.05, 0) is 256 Å². The van der Waals surface area contributed by atoms with Crippen molar-refractivity contribution in [3.63, 3.8) is 0 Å². The Bertz CT molecular complexity index is 2490. The second-order valence-electron chi connectivity index (χ2n) is 19.6. The van der Waals surface area contributed by atoms with Crippen molar-refractivity contribution in [2.24, 2.45) is 9.98 Å². The Morgan fingerprint density at radius 1 is 0.391 bits per heavy atom. The van der Waals surface area contributed by atoms with Crippen molar-refractivity contribution >= 4 is 56.1 Å². The molecule has 0 unspecified atom stereocenters. The standard InChI is InChI=1S/C15H22NOP.C13H18NO3P.C13H22NOP.C11H17N/c1-9-7-13-11(3)10(2)12(4)14(15(13)16-9)8-18(5,6)17;1-7-5-11-9(3)8(2)10(4)12(13(11)14-7)6-18(15,16)17;1-8-9(2)11(4)13(14)12(10(8)3)7-16(5,6)15;1-6-7(2)9(4)11(12)10(5)8(6)3/h7-8H2,1-6H3;5-6H2,1-4H3,(H2,15,16,17);7,14H2,1-6H3;12H2,1-5H3. The third-order valence-corrected chi connectivity index (χ3v) is 16.9. The minimum atomic E-state index is -4.07. The van der Waals surface area contributed by atoms with Crippen molar-refractivity contribution in [3.8, 4) is 0 Å². The second kappa shape index (κ2) is 20.5. The summed E-state index contributed by atoms with van der Waals surface area (Å²) in [5.74, 6) is 0. The second-order valence-corrected chi connectivity index (χ2v) is 28.2. The van der Waals surface area contributed by atoms with Gasteiger partial charge in [-0.15, -0.1) is 0 Å². The summed E-state index contributed by atoms with van der Waals surface area (Å²) in [6.07, 6.45) is 2.79. The van der Waals surface area contributed by atoms with Gasteiger partial charge in [-0.3, -0.25) is 14.5 Å². The van der Waals surface area contributed by atoms with Gasteiger partial charge in [0, 0.05) is 48.0 Å². The van der Waals surface area contributed by atoms with Crippen LogP contribution in [-0.2, 0) is 45.0 Å². The lowest BCUT2D eigenvalue weighted by Crippen LogP contribution is -2.05. The van der Waals surface area contributed by atoms with Crippen molar-refractivity contribution in [2.45, 2.75) is 149 Å². The van der Waals surface area contributed by atoms with Crippen molar-refractivity contribution < 1.29 is 23.5 Å². The molecule has 0 bridgehead atoms. The molecular weight excluding hydrogens is 854 g/mol. The SMILES string of the molecule is CC1=Nc2c(c(C)c(C)c(C)c2CP(=O)(O)O)C1.CC1=Nc2c(c(C)c(C)c(C)c2CP(C)(C)=O)C1.Cc1c(C)c(C)c(CP(C)(C)=O)c(N)c1C.Cc1c(C)c(C)c(N)c(C)c1C. The van der Waals surface area contributed by atoms with Crippen LogP contribution in [0.25, 0.3) is 0 Å². The highest BCUT2D eigenvalue weighted by molar-refractivity contribution is 7.61. The van der Waals surface area contributed by atoms with E-state index in [4.69, 9.17) is 16.5 Å². The molecule has 0 atom stereocenters. The van der Waals surface area contributed by atoms with E-state index in [1.807, 2.05) is 54.4 Å². The van der Waals surface area contributed by atoms with Gasteiger partial charge in [-0.1, -0.05) is 0 Å². The van der Waals surface area contributed by atoms with Crippen LogP contribution in [0.3, 0.4) is 0 Å². The fraction of sp³-hybridized carbons (Fsp3) is 0.500. The zero-order valence-corrected chi connectivity index (χ0v) is 45.7. The quantitative estimate of drug-likeness (QED) is 0.110. The van der Waals surface area contributed by atoms with Crippen molar-refractivity contribution in [1.82, 2.24) is 0 Å². The smallest absolute Gasteiger partial charge is 0.330 e. The molecule has 0 spiro atoms. The van der Waals surface area contributed by atoms with Crippen LogP contribution in [0.15, 0.2) is 9.98 Å². The van der Waals surface area contributed by atoms with Gasteiger partial charge in [0.1, 0.15) is 0 Å². The number of benzene rings is 4. The number of nitrogens with zero attached hydrogens (tertiary/aromatic N) is 2. The van der Waals surface area contributed by atoms with Gasteiger partial charge in [0.05, 0.1) is 31.8 Å². The summed E-state index contributed by atoms with van der Waals surface area (Å²) < 4.78 is 35.4. The maximum Gasteiger partial charge on any atom is 0.330 e. The van der Waals surface area contributed by atoms with Crippen LogP contribution in [0, 0.1) is 104 Å².